The Balaban J connectivity index is 1.35. The summed E-state index contributed by atoms with van der Waals surface area (Å²) in [4.78, 5) is 15.0. The molecule has 0 unspecified atom stereocenters. The topological polar surface area (TPSA) is 64.8 Å². The van der Waals surface area contributed by atoms with Crippen LogP contribution in [0.4, 0.5) is 4.39 Å². The average molecular weight is 441 g/mol. The van der Waals surface area contributed by atoms with E-state index >= 15 is 0 Å². The second kappa shape index (κ2) is 10.1. The van der Waals surface area contributed by atoms with Gasteiger partial charge in [-0.15, -0.1) is 0 Å². The Bertz CT molecular complexity index is 1070. The van der Waals surface area contributed by atoms with Crippen molar-refractivity contribution in [2.75, 3.05) is 33.4 Å². The predicted molar refractivity (Wildman–Crippen MR) is 120 cm³/mol. The number of hydrogen-bond donors (Lipinski definition) is 0. The van der Waals surface area contributed by atoms with Crippen molar-refractivity contribution in [1.29, 1.82) is 0 Å². The average Bonchev–Trinajstić information content (AvgIpc) is 3.21. The van der Waals surface area contributed by atoms with Gasteiger partial charge in [-0.2, -0.15) is 0 Å². The maximum absolute atomic E-state index is 13.4. The summed E-state index contributed by atoms with van der Waals surface area (Å²) in [5.41, 5.74) is 2.23. The molecule has 2 heterocycles. The van der Waals surface area contributed by atoms with Gasteiger partial charge < -0.3 is 14.0 Å². The molecule has 6 nitrogen and oxygen atoms in total. The molecule has 1 saturated heterocycles. The van der Waals surface area contributed by atoms with E-state index in [1.807, 2.05) is 25.1 Å². The van der Waals surface area contributed by atoms with Crippen LogP contribution in [0, 0.1) is 5.82 Å². The lowest BCUT2D eigenvalue weighted by Gasteiger charge is -2.30. The van der Waals surface area contributed by atoms with Gasteiger partial charge in [0, 0.05) is 29.4 Å². The summed E-state index contributed by atoms with van der Waals surface area (Å²) in [5, 5.41) is 5.07. The SMILES string of the molecule is CCCOc1c(CC(=O)CN2CCC(c3noc4cc(F)ccc34)CC2)cccc1OC. The van der Waals surface area contributed by atoms with E-state index in [9.17, 15) is 9.18 Å². The second-order valence-corrected chi connectivity index (χ2v) is 8.27. The Morgan fingerprint density at radius 2 is 2.06 bits per heavy atom. The molecule has 0 spiro atoms. The van der Waals surface area contributed by atoms with E-state index in [-0.39, 0.29) is 17.5 Å². The molecular formula is C25H29FN2O4. The fraction of sp³-hybridized carbons (Fsp3) is 0.440. The number of ether oxygens (including phenoxy) is 2. The van der Waals surface area contributed by atoms with Crippen LogP contribution in [0.3, 0.4) is 0 Å². The second-order valence-electron chi connectivity index (χ2n) is 8.27. The van der Waals surface area contributed by atoms with E-state index in [4.69, 9.17) is 14.0 Å². The highest BCUT2D eigenvalue weighted by molar-refractivity contribution is 5.84. The first-order valence-electron chi connectivity index (χ1n) is 11.2. The maximum atomic E-state index is 13.4. The zero-order valence-electron chi connectivity index (χ0n) is 18.6. The first-order valence-corrected chi connectivity index (χ1v) is 11.2. The number of likely N-dealkylation sites (tertiary alicyclic amines) is 1. The Morgan fingerprint density at radius 1 is 1.25 bits per heavy atom. The molecule has 32 heavy (non-hydrogen) atoms. The van der Waals surface area contributed by atoms with Gasteiger partial charge in [-0.25, -0.2) is 4.39 Å². The number of piperidine rings is 1. The highest BCUT2D eigenvalue weighted by Gasteiger charge is 2.26. The number of fused-ring (bicyclic) bond motifs is 1. The summed E-state index contributed by atoms with van der Waals surface area (Å²) in [5.74, 6) is 1.40. The number of nitrogens with zero attached hydrogens (tertiary/aromatic N) is 2. The number of benzene rings is 2. The molecule has 0 amide bonds. The minimum atomic E-state index is -0.326. The molecule has 0 atom stereocenters. The molecule has 0 aliphatic carbocycles. The fourth-order valence-corrected chi connectivity index (χ4v) is 4.34. The van der Waals surface area contributed by atoms with Crippen LogP contribution in [-0.2, 0) is 11.2 Å². The zero-order chi connectivity index (χ0) is 22.5. The van der Waals surface area contributed by atoms with Crippen molar-refractivity contribution < 1.29 is 23.2 Å². The number of Topliss-reactive ketones (excluding diaryl/α,β-unsaturated/α-hetero) is 1. The zero-order valence-corrected chi connectivity index (χ0v) is 18.6. The predicted octanol–water partition coefficient (Wildman–Crippen LogP) is 4.76. The van der Waals surface area contributed by atoms with Crippen molar-refractivity contribution in [2.45, 2.75) is 38.5 Å². The molecule has 1 aromatic heterocycles. The van der Waals surface area contributed by atoms with Crippen molar-refractivity contribution in [3.05, 3.63) is 53.5 Å². The molecule has 2 aromatic carbocycles. The van der Waals surface area contributed by atoms with Crippen LogP contribution < -0.4 is 9.47 Å². The van der Waals surface area contributed by atoms with E-state index in [2.05, 4.69) is 10.1 Å². The Hall–Kier alpha value is -2.93. The van der Waals surface area contributed by atoms with Crippen LogP contribution in [0.25, 0.3) is 11.0 Å². The van der Waals surface area contributed by atoms with Gasteiger partial charge >= 0.3 is 0 Å². The van der Waals surface area contributed by atoms with Gasteiger partial charge in [0.15, 0.2) is 22.9 Å². The number of methoxy groups -OCH3 is 1. The molecule has 0 bridgehead atoms. The van der Waals surface area contributed by atoms with E-state index in [1.165, 1.54) is 12.1 Å². The molecule has 0 saturated carbocycles. The van der Waals surface area contributed by atoms with E-state index in [1.54, 1.807) is 13.2 Å². The molecule has 0 radical (unpaired) electrons. The van der Waals surface area contributed by atoms with Crippen LogP contribution in [0.1, 0.15) is 43.4 Å². The van der Waals surface area contributed by atoms with Crippen LogP contribution in [0.5, 0.6) is 11.5 Å². The van der Waals surface area contributed by atoms with Gasteiger partial charge in [-0.05, 0) is 50.6 Å². The molecular weight excluding hydrogens is 411 g/mol. The molecule has 1 aliphatic heterocycles. The lowest BCUT2D eigenvalue weighted by atomic mass is 9.91. The normalized spacial score (nSPS) is 15.2. The largest absolute Gasteiger partial charge is 0.493 e. The summed E-state index contributed by atoms with van der Waals surface area (Å²) < 4.78 is 30.0. The maximum Gasteiger partial charge on any atom is 0.170 e. The van der Waals surface area contributed by atoms with E-state index in [0.717, 1.165) is 49.0 Å². The first kappa shape index (κ1) is 22.3. The Kier molecular flexibility index (Phi) is 7.05. The lowest BCUT2D eigenvalue weighted by molar-refractivity contribution is -0.119. The number of para-hydroxylation sites is 1. The quantitative estimate of drug-likeness (QED) is 0.478. The third-order valence-corrected chi connectivity index (χ3v) is 5.95. The van der Waals surface area contributed by atoms with Gasteiger partial charge in [0.1, 0.15) is 5.82 Å². The summed E-state index contributed by atoms with van der Waals surface area (Å²) in [7, 11) is 1.61. The van der Waals surface area contributed by atoms with Crippen LogP contribution in [-0.4, -0.2) is 49.2 Å². The Morgan fingerprint density at radius 3 is 2.81 bits per heavy atom. The fourth-order valence-electron chi connectivity index (χ4n) is 4.34. The monoisotopic (exact) mass is 440 g/mol. The summed E-state index contributed by atoms with van der Waals surface area (Å²) in [6.07, 6.45) is 2.97. The van der Waals surface area contributed by atoms with Gasteiger partial charge in [-0.3, -0.25) is 9.69 Å². The van der Waals surface area contributed by atoms with Crippen molar-refractivity contribution >= 4 is 16.8 Å². The van der Waals surface area contributed by atoms with Crippen molar-refractivity contribution in [2.24, 2.45) is 0 Å². The standard InChI is InChI=1S/C25H29FN2O4/c1-3-13-31-25-18(5-4-6-22(25)30-2)14-20(29)16-28-11-9-17(10-12-28)24-21-8-7-19(26)15-23(21)32-27-24/h4-8,15,17H,3,9-14,16H2,1-2H3. The highest BCUT2D eigenvalue weighted by Crippen LogP contribution is 2.34. The third kappa shape index (κ3) is 4.93. The van der Waals surface area contributed by atoms with Gasteiger partial charge in [-0.1, -0.05) is 24.2 Å². The third-order valence-electron chi connectivity index (χ3n) is 5.95. The molecule has 7 heteroatoms. The summed E-state index contributed by atoms with van der Waals surface area (Å²) >= 11 is 0. The highest BCUT2D eigenvalue weighted by atomic mass is 19.1. The molecule has 4 rings (SSSR count). The van der Waals surface area contributed by atoms with Gasteiger partial charge in [0.25, 0.3) is 0 Å². The van der Waals surface area contributed by atoms with Crippen molar-refractivity contribution in [3.63, 3.8) is 0 Å². The lowest BCUT2D eigenvalue weighted by Crippen LogP contribution is -2.37. The van der Waals surface area contributed by atoms with Crippen molar-refractivity contribution in [1.82, 2.24) is 10.1 Å². The number of rotatable bonds is 9. The number of halogens is 1. The number of carbonyl (C=O) groups excluding carboxylic acids is 1. The molecule has 0 N–H and O–H groups in total. The van der Waals surface area contributed by atoms with E-state index in [0.29, 0.717) is 36.7 Å². The number of aromatic nitrogens is 1. The molecule has 1 aliphatic rings. The minimum absolute atomic E-state index is 0.153. The molecule has 3 aromatic rings. The number of ketones is 1. The van der Waals surface area contributed by atoms with Gasteiger partial charge in [0.05, 0.1) is 26.0 Å². The smallest absolute Gasteiger partial charge is 0.170 e. The van der Waals surface area contributed by atoms with Crippen molar-refractivity contribution in [3.8, 4) is 11.5 Å². The summed E-state index contributed by atoms with van der Waals surface area (Å²) in [6, 6.07) is 10.2. The summed E-state index contributed by atoms with van der Waals surface area (Å²) in [6.45, 7) is 4.65. The first-order chi connectivity index (χ1) is 15.6. The Labute approximate surface area is 187 Å². The van der Waals surface area contributed by atoms with Crippen LogP contribution in [0.2, 0.25) is 0 Å². The van der Waals surface area contributed by atoms with Crippen LogP contribution in [0.15, 0.2) is 40.9 Å². The molecule has 1 fully saturated rings. The van der Waals surface area contributed by atoms with Gasteiger partial charge in [0.2, 0.25) is 0 Å². The number of carbonyl (C=O) groups is 1. The van der Waals surface area contributed by atoms with Crippen LogP contribution >= 0.6 is 0 Å². The number of hydrogen-bond acceptors (Lipinski definition) is 6. The van der Waals surface area contributed by atoms with E-state index < -0.39 is 0 Å². The molecule has 170 valence electrons. The minimum Gasteiger partial charge on any atom is -0.493 e.